The van der Waals surface area contributed by atoms with Crippen molar-refractivity contribution in [2.45, 2.75) is 37.8 Å². The molecule has 8 heteroatoms. The van der Waals surface area contributed by atoms with E-state index in [9.17, 15) is 19.1 Å². The molecule has 1 aliphatic heterocycles. The fraction of sp³-hybridized carbons (Fsp3) is 0.500. The van der Waals surface area contributed by atoms with Gasteiger partial charge in [0.1, 0.15) is 17.1 Å². The third-order valence-corrected chi connectivity index (χ3v) is 6.56. The summed E-state index contributed by atoms with van der Waals surface area (Å²) in [5, 5.41) is 12.4. The zero-order valence-electron chi connectivity index (χ0n) is 15.5. The Labute approximate surface area is 159 Å². The second-order valence-electron chi connectivity index (χ2n) is 8.32. The lowest BCUT2D eigenvalue weighted by molar-refractivity contribution is 0.0695. The van der Waals surface area contributed by atoms with E-state index < -0.39 is 28.6 Å². The molecule has 0 amide bonds. The molecule has 1 spiro atoms. The first-order valence-electron chi connectivity index (χ1n) is 9.58. The molecule has 1 atom stereocenters. The molecule has 2 saturated carbocycles. The number of pyridine rings is 1. The summed E-state index contributed by atoms with van der Waals surface area (Å²) in [6.07, 6.45) is 4.81. The van der Waals surface area contributed by atoms with Crippen LogP contribution in [0.25, 0.3) is 10.9 Å². The molecule has 1 aromatic heterocycles. The Morgan fingerprint density at radius 3 is 2.57 bits per heavy atom. The van der Waals surface area contributed by atoms with Crippen LogP contribution in [0.4, 0.5) is 14.5 Å². The molecule has 3 aliphatic rings. The van der Waals surface area contributed by atoms with E-state index in [0.717, 1.165) is 31.7 Å². The van der Waals surface area contributed by atoms with Gasteiger partial charge in [-0.3, -0.25) is 4.79 Å². The van der Waals surface area contributed by atoms with Crippen LogP contribution < -0.4 is 15.6 Å². The molecule has 0 bridgehead atoms. The predicted molar refractivity (Wildman–Crippen MR) is 100 cm³/mol. The highest BCUT2D eigenvalue weighted by Crippen LogP contribution is 2.54. The molecule has 5 rings (SSSR count). The smallest absolute Gasteiger partial charge is 0.341 e. The van der Waals surface area contributed by atoms with Crippen molar-refractivity contribution >= 4 is 22.6 Å². The highest BCUT2D eigenvalue weighted by molar-refractivity contribution is 5.94. The number of fused-ring (bicyclic) bond motifs is 1. The molecule has 2 aliphatic carbocycles. The molecule has 2 N–H and O–H groups in total. The summed E-state index contributed by atoms with van der Waals surface area (Å²) in [4.78, 5) is 25.7. The number of nitrogens with zero attached hydrogens (tertiary/aromatic N) is 2. The molecule has 1 aromatic carbocycles. The Morgan fingerprint density at radius 2 is 2.04 bits per heavy atom. The van der Waals surface area contributed by atoms with Crippen LogP contribution in [0, 0.1) is 17.0 Å². The number of aromatic nitrogens is 1. The Kier molecular flexibility index (Phi) is 3.62. The van der Waals surface area contributed by atoms with Crippen molar-refractivity contribution in [3.63, 3.8) is 0 Å². The van der Waals surface area contributed by atoms with Crippen molar-refractivity contribution in [2.75, 3.05) is 25.0 Å². The number of hydrogen-bond donors (Lipinski definition) is 2. The van der Waals surface area contributed by atoms with Crippen molar-refractivity contribution in [1.29, 1.82) is 0 Å². The molecule has 148 valence electrons. The zero-order chi connectivity index (χ0) is 19.8. The van der Waals surface area contributed by atoms with E-state index in [2.05, 4.69) is 5.32 Å². The maximum absolute atomic E-state index is 15.6. The largest absolute Gasteiger partial charge is 0.477 e. The quantitative estimate of drug-likeness (QED) is 0.841. The zero-order valence-corrected chi connectivity index (χ0v) is 15.5. The van der Waals surface area contributed by atoms with Crippen LogP contribution in [-0.4, -0.2) is 41.8 Å². The summed E-state index contributed by atoms with van der Waals surface area (Å²) in [6.45, 7) is 1.06. The van der Waals surface area contributed by atoms with Crippen LogP contribution in [0.3, 0.4) is 0 Å². The summed E-state index contributed by atoms with van der Waals surface area (Å²) in [7, 11) is 1.86. The van der Waals surface area contributed by atoms with Crippen LogP contribution in [0.2, 0.25) is 0 Å². The van der Waals surface area contributed by atoms with Crippen LogP contribution in [0.1, 0.15) is 42.1 Å². The molecule has 1 unspecified atom stereocenters. The summed E-state index contributed by atoms with van der Waals surface area (Å²) < 4.78 is 32.1. The first-order valence-corrected chi connectivity index (χ1v) is 9.58. The first kappa shape index (κ1) is 17.6. The van der Waals surface area contributed by atoms with Gasteiger partial charge in [0.2, 0.25) is 5.43 Å². The van der Waals surface area contributed by atoms with E-state index in [4.69, 9.17) is 0 Å². The monoisotopic (exact) mass is 389 g/mol. The van der Waals surface area contributed by atoms with E-state index in [-0.39, 0.29) is 34.1 Å². The van der Waals surface area contributed by atoms with Crippen molar-refractivity contribution < 1.29 is 18.7 Å². The van der Waals surface area contributed by atoms with Gasteiger partial charge in [-0.2, -0.15) is 0 Å². The van der Waals surface area contributed by atoms with Gasteiger partial charge >= 0.3 is 5.97 Å². The van der Waals surface area contributed by atoms with Crippen LogP contribution in [0.15, 0.2) is 17.1 Å². The number of hydrogen-bond acceptors (Lipinski definition) is 4. The number of nitrogens with one attached hydrogen (secondary N) is 1. The van der Waals surface area contributed by atoms with Gasteiger partial charge in [-0.05, 0) is 38.8 Å². The van der Waals surface area contributed by atoms with E-state index in [0.29, 0.717) is 13.1 Å². The van der Waals surface area contributed by atoms with Gasteiger partial charge in [-0.15, -0.1) is 0 Å². The van der Waals surface area contributed by atoms with E-state index in [1.165, 1.54) is 10.8 Å². The number of benzene rings is 1. The average Bonchev–Trinajstić information content (AvgIpc) is 3.54. The molecule has 28 heavy (non-hydrogen) atoms. The molecule has 2 heterocycles. The van der Waals surface area contributed by atoms with Gasteiger partial charge < -0.3 is 19.9 Å². The van der Waals surface area contributed by atoms with Gasteiger partial charge in [0.25, 0.3) is 0 Å². The van der Waals surface area contributed by atoms with Gasteiger partial charge in [-0.1, -0.05) is 0 Å². The fourth-order valence-corrected chi connectivity index (χ4v) is 4.72. The molecular formula is C20H21F2N3O3. The molecule has 3 fully saturated rings. The van der Waals surface area contributed by atoms with Crippen molar-refractivity contribution in [1.82, 2.24) is 9.88 Å². The molecular weight excluding hydrogens is 368 g/mol. The number of carboxylic acid groups (broad SMARTS) is 1. The third kappa shape index (κ3) is 2.40. The summed E-state index contributed by atoms with van der Waals surface area (Å²) in [6, 6.07) is 1.11. The van der Waals surface area contributed by atoms with Crippen molar-refractivity contribution in [3.8, 4) is 0 Å². The lowest BCUT2D eigenvalue weighted by atomic mass is 10.0. The van der Waals surface area contributed by atoms with Gasteiger partial charge in [0, 0.05) is 36.8 Å². The minimum atomic E-state index is -1.39. The van der Waals surface area contributed by atoms with Gasteiger partial charge in [0.15, 0.2) is 5.82 Å². The summed E-state index contributed by atoms with van der Waals surface area (Å²) in [5.41, 5.74) is -1.36. The number of halogens is 2. The average molecular weight is 389 g/mol. The lowest BCUT2D eigenvalue weighted by Crippen LogP contribution is -2.34. The number of rotatable bonds is 4. The highest BCUT2D eigenvalue weighted by Gasteiger charge is 2.55. The summed E-state index contributed by atoms with van der Waals surface area (Å²) in [5.74, 6) is -2.98. The normalized spacial score (nSPS) is 23.0. The Bertz CT molecular complexity index is 1070. The minimum Gasteiger partial charge on any atom is -0.477 e. The minimum absolute atomic E-state index is 0.00616. The van der Waals surface area contributed by atoms with Crippen molar-refractivity contribution in [2.24, 2.45) is 5.41 Å². The SMILES string of the molecule is CNC1CN(c2c(F)cc3c(=O)c(C(=O)O)cn(C4CC4)c3c2F)CC12CC2. The second kappa shape index (κ2) is 5.76. The van der Waals surface area contributed by atoms with Crippen molar-refractivity contribution in [3.05, 3.63) is 39.7 Å². The first-order chi connectivity index (χ1) is 13.4. The number of anilines is 1. The number of likely N-dealkylation sites (N-methyl/N-ethyl adjacent to an activating group) is 1. The van der Waals surface area contributed by atoms with Crippen LogP contribution in [0.5, 0.6) is 0 Å². The van der Waals surface area contributed by atoms with Crippen LogP contribution in [-0.2, 0) is 0 Å². The third-order valence-electron chi connectivity index (χ3n) is 6.56. The predicted octanol–water partition coefficient (Wildman–Crippen LogP) is 2.50. The lowest BCUT2D eigenvalue weighted by Gasteiger charge is -2.22. The molecule has 6 nitrogen and oxygen atoms in total. The van der Waals surface area contributed by atoms with Gasteiger partial charge in [-0.25, -0.2) is 13.6 Å². The van der Waals surface area contributed by atoms with E-state index in [1.54, 1.807) is 4.90 Å². The fourth-order valence-electron chi connectivity index (χ4n) is 4.72. The molecule has 2 aromatic rings. The highest BCUT2D eigenvalue weighted by atomic mass is 19.1. The number of carboxylic acids is 1. The summed E-state index contributed by atoms with van der Waals surface area (Å²) >= 11 is 0. The maximum atomic E-state index is 15.6. The topological polar surface area (TPSA) is 74.6 Å². The second-order valence-corrected chi connectivity index (χ2v) is 8.32. The maximum Gasteiger partial charge on any atom is 0.341 e. The Morgan fingerprint density at radius 1 is 1.32 bits per heavy atom. The Balaban J connectivity index is 1.72. The molecule has 0 radical (unpaired) electrons. The Hall–Kier alpha value is -2.48. The standard InChI is InChI=1S/C20H21F2N3O3/c1-23-14-8-24(9-20(14)4-5-20)17-13(21)6-11-16(15(17)22)25(10-2-3-10)7-12(18(11)26)19(27)28/h6-7,10,14,23H,2-5,8-9H2,1H3,(H,27,28). The van der Waals surface area contributed by atoms with E-state index in [1.807, 2.05) is 7.05 Å². The number of carbonyl (C=O) groups is 1. The van der Waals surface area contributed by atoms with Crippen LogP contribution >= 0.6 is 0 Å². The molecule has 1 saturated heterocycles. The van der Waals surface area contributed by atoms with E-state index >= 15 is 4.39 Å². The number of aromatic carboxylic acids is 1. The van der Waals surface area contributed by atoms with Gasteiger partial charge in [0.05, 0.1) is 10.9 Å².